The van der Waals surface area contributed by atoms with Crippen LogP contribution in [0.2, 0.25) is 0 Å². The fourth-order valence-electron chi connectivity index (χ4n) is 8.94. The first-order valence-corrected chi connectivity index (χ1v) is 21.3. The molecule has 0 saturated carbocycles. The monoisotopic (exact) mass is 794 g/mol. The van der Waals surface area contributed by atoms with Gasteiger partial charge < -0.3 is 0 Å². The molecule has 0 saturated heterocycles. The lowest BCUT2D eigenvalue weighted by Gasteiger charge is -2.14. The average molecular weight is 795 g/mol. The summed E-state index contributed by atoms with van der Waals surface area (Å²) in [7, 11) is 0. The van der Waals surface area contributed by atoms with Crippen molar-refractivity contribution in [1.29, 1.82) is 0 Å². The van der Waals surface area contributed by atoms with E-state index in [0.717, 1.165) is 61.6 Å². The van der Waals surface area contributed by atoms with Crippen molar-refractivity contribution < 1.29 is 0 Å². The van der Waals surface area contributed by atoms with Gasteiger partial charge in [0, 0.05) is 43.9 Å². The van der Waals surface area contributed by atoms with Gasteiger partial charge in [-0.15, -0.1) is 11.3 Å². The summed E-state index contributed by atoms with van der Waals surface area (Å²) in [5.74, 6) is 0. The molecular weight excluding hydrogens is 761 g/mol. The van der Waals surface area contributed by atoms with Crippen molar-refractivity contribution in [1.82, 2.24) is 19.9 Å². The molecule has 0 spiro atoms. The van der Waals surface area contributed by atoms with Gasteiger partial charge in [0.2, 0.25) is 0 Å². The first kappa shape index (κ1) is 35.1. The molecule has 5 heterocycles. The molecule has 5 heteroatoms. The van der Waals surface area contributed by atoms with Crippen LogP contribution < -0.4 is 0 Å². The summed E-state index contributed by atoms with van der Waals surface area (Å²) in [6.07, 6.45) is 3.62. The third-order valence-electron chi connectivity index (χ3n) is 11.8. The van der Waals surface area contributed by atoms with E-state index in [2.05, 4.69) is 168 Å². The molecule has 0 N–H and O–H groups in total. The third-order valence-corrected chi connectivity index (χ3v) is 13.0. The first-order chi connectivity index (χ1) is 30.2. The Labute approximate surface area is 356 Å². The maximum atomic E-state index is 5.42. The van der Waals surface area contributed by atoms with Gasteiger partial charge in [-0.1, -0.05) is 146 Å². The van der Waals surface area contributed by atoms with Crippen molar-refractivity contribution in [2.45, 2.75) is 0 Å². The largest absolute Gasteiger partial charge is 0.255 e. The van der Waals surface area contributed by atoms with E-state index in [1.54, 1.807) is 0 Å². The number of rotatable bonds is 6. The van der Waals surface area contributed by atoms with Crippen molar-refractivity contribution in [3.63, 3.8) is 0 Å². The van der Waals surface area contributed by atoms with E-state index in [0.29, 0.717) is 0 Å². The second-order valence-electron chi connectivity index (χ2n) is 15.3. The number of nitrogens with zero attached hydrogens (tertiary/aromatic N) is 4. The second-order valence-corrected chi connectivity index (χ2v) is 16.4. The summed E-state index contributed by atoms with van der Waals surface area (Å²) in [6.45, 7) is 0. The zero-order valence-electron chi connectivity index (χ0n) is 32.8. The molecule has 5 aromatic heterocycles. The number of benzene rings is 7. The van der Waals surface area contributed by atoms with E-state index in [1.165, 1.54) is 58.4 Å². The smallest absolute Gasteiger partial charge is 0.0900 e. The van der Waals surface area contributed by atoms with E-state index in [1.807, 2.05) is 60.1 Å². The topological polar surface area (TPSA) is 51.6 Å². The Balaban J connectivity index is 1.11. The van der Waals surface area contributed by atoms with Gasteiger partial charge in [-0.2, -0.15) is 0 Å². The lowest BCUT2D eigenvalue weighted by Crippen LogP contribution is -1.94. The van der Waals surface area contributed by atoms with Gasteiger partial charge in [-0.25, -0.2) is 9.97 Å². The average Bonchev–Trinajstić information content (AvgIpc) is 3.76. The van der Waals surface area contributed by atoms with Crippen LogP contribution in [0, 0.1) is 0 Å². The summed E-state index contributed by atoms with van der Waals surface area (Å²) >= 11 is 1.87. The Bertz CT molecular complexity index is 3530. The van der Waals surface area contributed by atoms with Crippen LogP contribution in [-0.4, -0.2) is 19.9 Å². The minimum Gasteiger partial charge on any atom is -0.255 e. The number of fused-ring (bicyclic) bond motifs is 9. The molecule has 0 atom stereocenters. The predicted octanol–water partition coefficient (Wildman–Crippen LogP) is 15.1. The van der Waals surface area contributed by atoms with Crippen LogP contribution in [0.15, 0.2) is 207 Å². The van der Waals surface area contributed by atoms with E-state index in [9.17, 15) is 0 Å². The van der Waals surface area contributed by atoms with Gasteiger partial charge in [0.05, 0.1) is 34.0 Å². The fraction of sp³-hybridized carbons (Fsp3) is 0. The van der Waals surface area contributed by atoms with E-state index in [-0.39, 0.29) is 0 Å². The molecule has 4 nitrogen and oxygen atoms in total. The summed E-state index contributed by atoms with van der Waals surface area (Å²) in [5.41, 5.74) is 11.9. The number of hydrogen-bond donors (Lipinski definition) is 0. The van der Waals surface area contributed by atoms with Crippen molar-refractivity contribution in [2.75, 3.05) is 0 Å². The maximum Gasteiger partial charge on any atom is 0.0900 e. The van der Waals surface area contributed by atoms with Crippen molar-refractivity contribution in [3.05, 3.63) is 207 Å². The van der Waals surface area contributed by atoms with Crippen LogP contribution in [-0.2, 0) is 0 Å². The fourth-order valence-corrected chi connectivity index (χ4v) is 10.3. The van der Waals surface area contributed by atoms with E-state index < -0.39 is 0 Å². The van der Waals surface area contributed by atoms with Crippen LogP contribution in [0.1, 0.15) is 0 Å². The molecule has 12 aromatic rings. The number of hydrogen-bond acceptors (Lipinski definition) is 5. The summed E-state index contributed by atoms with van der Waals surface area (Å²) in [5, 5.41) is 9.91. The molecule has 0 amide bonds. The van der Waals surface area contributed by atoms with Crippen LogP contribution in [0.25, 0.3) is 120 Å². The molecule has 0 unspecified atom stereocenters. The Morgan fingerprint density at radius 3 is 1.48 bits per heavy atom. The summed E-state index contributed by atoms with van der Waals surface area (Å²) < 4.78 is 1.23. The predicted molar refractivity (Wildman–Crippen MR) is 256 cm³/mol. The van der Waals surface area contributed by atoms with Gasteiger partial charge in [-0.3, -0.25) is 9.97 Å². The molecular formula is C56H34N4S. The lowest BCUT2D eigenvalue weighted by molar-refractivity contribution is 1.22. The molecule has 0 aliphatic carbocycles. The number of aromatic nitrogens is 4. The van der Waals surface area contributed by atoms with Crippen LogP contribution in [0.4, 0.5) is 0 Å². The highest BCUT2D eigenvalue weighted by molar-refractivity contribution is 7.24. The van der Waals surface area contributed by atoms with Crippen molar-refractivity contribution in [3.8, 4) is 66.7 Å². The van der Waals surface area contributed by atoms with E-state index in [4.69, 9.17) is 9.97 Å². The maximum absolute atomic E-state index is 5.42. The quantitative estimate of drug-likeness (QED) is 0.157. The highest BCUT2D eigenvalue weighted by atomic mass is 32.1. The van der Waals surface area contributed by atoms with Gasteiger partial charge in [0.15, 0.2) is 0 Å². The SMILES string of the molecule is c1ccc(-c2nc3ccccc3c3sc(-c4ccc5c6ccccc6c6ccccc6c5c4)c(-c4ccc(-c5cc(-c6ccccn6)nc(-c6ccccn6)c5)cc4)c23)cc1. The Kier molecular flexibility index (Phi) is 8.32. The molecule has 12 rings (SSSR count). The first-order valence-electron chi connectivity index (χ1n) is 20.5. The lowest BCUT2D eigenvalue weighted by atomic mass is 9.91. The minimum absolute atomic E-state index is 0.802. The Morgan fingerprint density at radius 2 is 0.852 bits per heavy atom. The van der Waals surface area contributed by atoms with Crippen LogP contribution >= 0.6 is 11.3 Å². The number of pyridine rings is 4. The van der Waals surface area contributed by atoms with Gasteiger partial charge >= 0.3 is 0 Å². The molecule has 7 aromatic carbocycles. The Hall–Kier alpha value is -7.86. The summed E-state index contributed by atoms with van der Waals surface area (Å²) in [4.78, 5) is 21.0. The van der Waals surface area contributed by atoms with Gasteiger partial charge in [0.1, 0.15) is 0 Å². The van der Waals surface area contributed by atoms with Gasteiger partial charge in [-0.05, 0) is 103 Å². The minimum atomic E-state index is 0.802. The normalized spacial score (nSPS) is 11.6. The van der Waals surface area contributed by atoms with Gasteiger partial charge in [0.25, 0.3) is 0 Å². The summed E-state index contributed by atoms with van der Waals surface area (Å²) in [6, 6.07) is 69.0. The molecule has 0 bridgehead atoms. The second kappa shape index (κ2) is 14.5. The number of thiophene rings is 1. The zero-order chi connectivity index (χ0) is 40.3. The zero-order valence-corrected chi connectivity index (χ0v) is 33.6. The van der Waals surface area contributed by atoms with Crippen molar-refractivity contribution >= 4 is 64.6 Å². The molecule has 0 aliphatic rings. The molecule has 0 aliphatic heterocycles. The van der Waals surface area contributed by atoms with Crippen LogP contribution in [0.3, 0.4) is 0 Å². The number of para-hydroxylation sites is 1. The highest BCUT2D eigenvalue weighted by Crippen LogP contribution is 2.51. The highest BCUT2D eigenvalue weighted by Gasteiger charge is 2.23. The third kappa shape index (κ3) is 5.97. The molecule has 0 fully saturated rings. The Morgan fingerprint density at radius 1 is 0.328 bits per heavy atom. The standard InChI is InChI=1S/C56H34N4S/c1-2-14-37(15-3-1)54-53-52(36-26-24-35(25-27-36)39-33-50(48-22-10-12-30-57-48)59-51(34-39)49-23-11-13-31-58-49)55(61-56(53)45-20-8-9-21-47(45)60-54)38-28-29-44-42-18-5-4-16-40(42)41-17-6-7-19-43(41)46(44)32-38/h1-34H. The molecule has 61 heavy (non-hydrogen) atoms. The van der Waals surface area contributed by atoms with Crippen molar-refractivity contribution in [2.24, 2.45) is 0 Å². The van der Waals surface area contributed by atoms with Crippen LogP contribution in [0.5, 0.6) is 0 Å². The molecule has 284 valence electrons. The molecule has 0 radical (unpaired) electrons. The van der Waals surface area contributed by atoms with E-state index >= 15 is 0 Å².